The van der Waals surface area contributed by atoms with Crippen molar-refractivity contribution in [3.05, 3.63) is 40.9 Å². The topological polar surface area (TPSA) is 37.8 Å². The molecule has 0 aliphatic heterocycles. The van der Waals surface area contributed by atoms with E-state index in [4.69, 9.17) is 11.6 Å². The molecule has 2 aromatic rings. The lowest BCUT2D eigenvalue weighted by molar-refractivity contribution is 0.880. The van der Waals surface area contributed by atoms with Gasteiger partial charge in [0.2, 0.25) is 5.13 Å². The summed E-state index contributed by atoms with van der Waals surface area (Å²) in [5.74, 6) is 0.503. The first-order valence-electron chi connectivity index (χ1n) is 4.97. The van der Waals surface area contributed by atoms with Gasteiger partial charge in [0.15, 0.2) is 0 Å². The van der Waals surface area contributed by atoms with Crippen molar-refractivity contribution in [2.75, 3.05) is 11.2 Å². The number of hydrogen-bond donors (Lipinski definition) is 1. The van der Waals surface area contributed by atoms with Crippen molar-refractivity contribution in [2.45, 2.75) is 13.0 Å². The van der Waals surface area contributed by atoms with Crippen molar-refractivity contribution in [1.29, 1.82) is 0 Å². The molecule has 1 N–H and O–H groups in total. The second-order valence-corrected chi connectivity index (χ2v) is 4.88. The van der Waals surface area contributed by atoms with E-state index in [1.54, 1.807) is 0 Å². The summed E-state index contributed by atoms with van der Waals surface area (Å²) in [5.41, 5.74) is 1.16. The smallest absolute Gasteiger partial charge is 0.206 e. The summed E-state index contributed by atoms with van der Waals surface area (Å²) in [6.07, 6.45) is 0. The van der Waals surface area contributed by atoms with Gasteiger partial charge >= 0.3 is 0 Å². The van der Waals surface area contributed by atoms with Crippen molar-refractivity contribution in [3.8, 4) is 0 Å². The van der Waals surface area contributed by atoms with Gasteiger partial charge in [-0.3, -0.25) is 0 Å². The Morgan fingerprint density at radius 2 is 2.06 bits per heavy atom. The third kappa shape index (κ3) is 2.71. The predicted molar refractivity (Wildman–Crippen MR) is 68.2 cm³/mol. The summed E-state index contributed by atoms with van der Waals surface area (Å²) < 4.78 is 0. The molecule has 0 bridgehead atoms. The summed E-state index contributed by atoms with van der Waals surface area (Å²) >= 11 is 7.49. The van der Waals surface area contributed by atoms with Gasteiger partial charge in [-0.15, -0.1) is 21.8 Å². The van der Waals surface area contributed by atoms with Crippen LogP contribution >= 0.6 is 22.9 Å². The third-order valence-electron chi connectivity index (χ3n) is 2.18. The van der Waals surface area contributed by atoms with Gasteiger partial charge in [-0.05, 0) is 12.5 Å². The van der Waals surface area contributed by atoms with Crippen LogP contribution in [0.3, 0.4) is 0 Å². The second-order valence-electron chi connectivity index (χ2n) is 3.39. The number of halogens is 1. The van der Waals surface area contributed by atoms with E-state index in [1.165, 1.54) is 11.3 Å². The van der Waals surface area contributed by atoms with Gasteiger partial charge in [0.05, 0.1) is 6.04 Å². The van der Waals surface area contributed by atoms with Crippen molar-refractivity contribution in [1.82, 2.24) is 10.2 Å². The highest BCUT2D eigenvalue weighted by Gasteiger charge is 2.11. The Bertz CT molecular complexity index is 444. The standard InChI is InChI=1S/C11H12ClN3S/c1-8-14-15-11(16-8)13-10(7-12)9-5-3-2-4-6-9/h2-6,10H,7H2,1H3,(H,13,15). The van der Waals surface area contributed by atoms with E-state index < -0.39 is 0 Å². The number of anilines is 1. The summed E-state index contributed by atoms with van der Waals surface area (Å²) in [6.45, 7) is 1.93. The molecule has 0 spiro atoms. The van der Waals surface area contributed by atoms with Crippen molar-refractivity contribution < 1.29 is 0 Å². The van der Waals surface area contributed by atoms with Gasteiger partial charge in [-0.2, -0.15) is 0 Å². The maximum Gasteiger partial charge on any atom is 0.206 e. The van der Waals surface area contributed by atoms with Crippen LogP contribution in [0.5, 0.6) is 0 Å². The average Bonchev–Trinajstić information content (AvgIpc) is 2.73. The normalized spacial score (nSPS) is 12.4. The molecule has 1 unspecified atom stereocenters. The van der Waals surface area contributed by atoms with Crippen LogP contribution in [0.25, 0.3) is 0 Å². The molecule has 16 heavy (non-hydrogen) atoms. The summed E-state index contributed by atoms with van der Waals surface area (Å²) in [6, 6.07) is 10.2. The Kier molecular flexibility index (Phi) is 3.74. The first-order valence-corrected chi connectivity index (χ1v) is 6.32. The monoisotopic (exact) mass is 253 g/mol. The highest BCUT2D eigenvalue weighted by atomic mass is 35.5. The molecular formula is C11H12ClN3S. The number of hydrogen-bond acceptors (Lipinski definition) is 4. The van der Waals surface area contributed by atoms with Crippen LogP contribution in [0.15, 0.2) is 30.3 Å². The fraction of sp³-hybridized carbons (Fsp3) is 0.273. The molecule has 0 aliphatic rings. The highest BCUT2D eigenvalue weighted by Crippen LogP contribution is 2.22. The minimum Gasteiger partial charge on any atom is -0.352 e. The van der Waals surface area contributed by atoms with Gasteiger partial charge in [0.1, 0.15) is 5.01 Å². The molecule has 1 aromatic heterocycles. The summed E-state index contributed by atoms with van der Waals surface area (Å²) in [7, 11) is 0. The quantitative estimate of drug-likeness (QED) is 0.850. The van der Waals surface area contributed by atoms with Crippen molar-refractivity contribution >= 4 is 28.1 Å². The van der Waals surface area contributed by atoms with E-state index in [2.05, 4.69) is 15.5 Å². The SMILES string of the molecule is Cc1nnc(NC(CCl)c2ccccc2)s1. The van der Waals surface area contributed by atoms with Crippen molar-refractivity contribution in [2.24, 2.45) is 0 Å². The molecule has 1 heterocycles. The maximum atomic E-state index is 5.95. The predicted octanol–water partition coefficient (Wildman–Crippen LogP) is 3.24. The molecular weight excluding hydrogens is 242 g/mol. The van der Waals surface area contributed by atoms with E-state index >= 15 is 0 Å². The van der Waals surface area contributed by atoms with E-state index in [0.29, 0.717) is 5.88 Å². The summed E-state index contributed by atoms with van der Waals surface area (Å²) in [4.78, 5) is 0. The van der Waals surface area contributed by atoms with Gasteiger partial charge in [-0.25, -0.2) is 0 Å². The number of benzene rings is 1. The van der Waals surface area contributed by atoms with Gasteiger partial charge in [-0.1, -0.05) is 41.7 Å². The molecule has 0 aliphatic carbocycles. The van der Waals surface area contributed by atoms with Crippen LogP contribution in [-0.4, -0.2) is 16.1 Å². The van der Waals surface area contributed by atoms with Crippen molar-refractivity contribution in [3.63, 3.8) is 0 Å². The highest BCUT2D eigenvalue weighted by molar-refractivity contribution is 7.15. The van der Waals surface area contributed by atoms with E-state index in [-0.39, 0.29) is 6.04 Å². The van der Waals surface area contributed by atoms with Crippen LogP contribution < -0.4 is 5.32 Å². The largest absolute Gasteiger partial charge is 0.352 e. The first-order chi connectivity index (χ1) is 7.79. The Morgan fingerprint density at radius 1 is 1.31 bits per heavy atom. The molecule has 1 atom stereocenters. The number of aryl methyl sites for hydroxylation is 1. The van der Waals surface area contributed by atoms with Gasteiger partial charge < -0.3 is 5.32 Å². The number of aromatic nitrogens is 2. The molecule has 0 fully saturated rings. The first kappa shape index (κ1) is 11.4. The van der Waals surface area contributed by atoms with Crippen LogP contribution in [0, 0.1) is 6.92 Å². The lowest BCUT2D eigenvalue weighted by Gasteiger charge is -2.14. The molecule has 0 saturated carbocycles. The molecule has 0 radical (unpaired) electrons. The zero-order valence-corrected chi connectivity index (χ0v) is 10.4. The third-order valence-corrected chi connectivity index (χ3v) is 3.26. The summed E-state index contributed by atoms with van der Waals surface area (Å²) in [5, 5.41) is 13.0. The molecule has 2 rings (SSSR count). The minimum atomic E-state index is 0.0789. The fourth-order valence-corrected chi connectivity index (χ4v) is 2.30. The molecule has 84 valence electrons. The molecule has 3 nitrogen and oxygen atoms in total. The Labute approximate surface area is 103 Å². The number of rotatable bonds is 4. The van der Waals surface area contributed by atoms with Crippen LogP contribution in [-0.2, 0) is 0 Å². The number of alkyl halides is 1. The Hall–Kier alpha value is -1.13. The van der Waals surface area contributed by atoms with E-state index in [1.807, 2.05) is 37.3 Å². The molecule has 1 aromatic carbocycles. The van der Waals surface area contributed by atoms with E-state index in [9.17, 15) is 0 Å². The Morgan fingerprint density at radius 3 is 2.62 bits per heavy atom. The van der Waals surface area contributed by atoms with Gasteiger partial charge in [0, 0.05) is 5.88 Å². The zero-order valence-electron chi connectivity index (χ0n) is 8.85. The van der Waals surface area contributed by atoms with Crippen LogP contribution in [0.1, 0.15) is 16.6 Å². The molecule has 5 heteroatoms. The van der Waals surface area contributed by atoms with Crippen LogP contribution in [0.4, 0.5) is 5.13 Å². The lowest BCUT2D eigenvalue weighted by Crippen LogP contribution is -2.11. The lowest BCUT2D eigenvalue weighted by atomic mass is 10.1. The minimum absolute atomic E-state index is 0.0789. The van der Waals surface area contributed by atoms with E-state index in [0.717, 1.165) is 15.7 Å². The number of nitrogens with zero attached hydrogens (tertiary/aromatic N) is 2. The average molecular weight is 254 g/mol. The van der Waals surface area contributed by atoms with Crippen LogP contribution in [0.2, 0.25) is 0 Å². The molecule has 0 amide bonds. The second kappa shape index (κ2) is 5.27. The number of nitrogens with one attached hydrogen (secondary N) is 1. The fourth-order valence-electron chi connectivity index (χ4n) is 1.40. The van der Waals surface area contributed by atoms with Gasteiger partial charge in [0.25, 0.3) is 0 Å². The maximum absolute atomic E-state index is 5.95. The zero-order chi connectivity index (χ0) is 11.4. The Balaban J connectivity index is 2.12. The molecule has 0 saturated heterocycles.